The van der Waals surface area contributed by atoms with Crippen LogP contribution in [0.2, 0.25) is 5.02 Å². The molecule has 1 aliphatic carbocycles. The Morgan fingerprint density at radius 2 is 1.77 bits per heavy atom. The molecule has 8 heteroatoms. The lowest BCUT2D eigenvalue weighted by Crippen LogP contribution is -2.38. The monoisotopic (exact) mass is 441 g/mol. The Kier molecular flexibility index (Phi) is 5.75. The van der Waals surface area contributed by atoms with E-state index in [-0.39, 0.29) is 23.2 Å². The van der Waals surface area contributed by atoms with E-state index < -0.39 is 23.3 Å². The molecule has 2 aromatic rings. The lowest BCUT2D eigenvalue weighted by molar-refractivity contribution is -0.143. The van der Waals surface area contributed by atoms with E-state index in [2.05, 4.69) is 0 Å². The molecular weight excluding hydrogens is 415 g/mol. The summed E-state index contributed by atoms with van der Waals surface area (Å²) in [5.41, 5.74) is 5.13. The summed E-state index contributed by atoms with van der Waals surface area (Å²) in [6.07, 6.45) is -3.36. The van der Waals surface area contributed by atoms with Crippen molar-refractivity contribution < 1.29 is 18.0 Å². The van der Waals surface area contributed by atoms with E-state index in [4.69, 9.17) is 17.3 Å². The van der Waals surface area contributed by atoms with Crippen LogP contribution >= 0.6 is 11.6 Å². The van der Waals surface area contributed by atoms with Gasteiger partial charge in [0.25, 0.3) is 5.91 Å². The van der Waals surface area contributed by atoms with Gasteiger partial charge in [0.15, 0.2) is 0 Å². The van der Waals surface area contributed by atoms with Crippen LogP contribution in [0.25, 0.3) is 11.1 Å². The molecule has 1 aromatic heterocycles. The first kappa shape index (κ1) is 22.7. The van der Waals surface area contributed by atoms with Crippen molar-refractivity contribution >= 4 is 17.5 Å². The normalized spacial score (nSPS) is 15.9. The van der Waals surface area contributed by atoms with Crippen LogP contribution in [0.5, 0.6) is 0 Å². The Labute approximate surface area is 179 Å². The minimum absolute atomic E-state index is 0.00752. The fourth-order valence-corrected chi connectivity index (χ4v) is 3.75. The van der Waals surface area contributed by atoms with Crippen LogP contribution in [0.4, 0.5) is 13.2 Å². The average Bonchev–Trinajstić information content (AvgIpc) is 3.20. The van der Waals surface area contributed by atoms with Crippen molar-refractivity contribution in [3.8, 4) is 11.1 Å². The molecule has 0 radical (unpaired) electrons. The number of halogens is 4. The molecule has 4 nitrogen and oxygen atoms in total. The number of rotatable bonds is 5. The Balaban J connectivity index is 2.20. The molecule has 0 unspecified atom stereocenters. The number of carbonyl (C=O) groups excluding carboxylic acids is 1. The fraction of sp³-hybridized carbons (Fsp3) is 0.500. The summed E-state index contributed by atoms with van der Waals surface area (Å²) in [6.45, 7) is 6.24. The predicted molar refractivity (Wildman–Crippen MR) is 112 cm³/mol. The third-order valence-electron chi connectivity index (χ3n) is 5.17. The Morgan fingerprint density at radius 3 is 2.23 bits per heavy atom. The van der Waals surface area contributed by atoms with E-state index >= 15 is 0 Å². The second-order valence-corrected chi connectivity index (χ2v) is 9.90. The highest BCUT2D eigenvalue weighted by Gasteiger charge is 2.44. The van der Waals surface area contributed by atoms with E-state index in [9.17, 15) is 18.0 Å². The molecule has 1 aliphatic rings. The molecule has 30 heavy (non-hydrogen) atoms. The summed E-state index contributed by atoms with van der Waals surface area (Å²) < 4.78 is 42.9. The van der Waals surface area contributed by atoms with Crippen LogP contribution in [0.1, 0.15) is 49.8 Å². The van der Waals surface area contributed by atoms with E-state index in [0.29, 0.717) is 30.0 Å². The summed E-state index contributed by atoms with van der Waals surface area (Å²) in [5, 5.41) is 0.464. The maximum absolute atomic E-state index is 13.9. The zero-order valence-electron chi connectivity index (χ0n) is 17.6. The summed E-state index contributed by atoms with van der Waals surface area (Å²) in [4.78, 5) is 14.9. The van der Waals surface area contributed by atoms with Crippen LogP contribution in [-0.2, 0) is 12.7 Å². The van der Waals surface area contributed by atoms with Crippen molar-refractivity contribution in [2.75, 3.05) is 13.6 Å². The van der Waals surface area contributed by atoms with Crippen molar-refractivity contribution in [2.24, 2.45) is 11.1 Å². The quantitative estimate of drug-likeness (QED) is 0.672. The highest BCUT2D eigenvalue weighted by atomic mass is 35.5. The molecule has 0 spiro atoms. The van der Waals surface area contributed by atoms with Gasteiger partial charge in [0.1, 0.15) is 11.4 Å². The summed E-state index contributed by atoms with van der Waals surface area (Å²) in [5.74, 6) is -0.463. The van der Waals surface area contributed by atoms with Gasteiger partial charge in [0.05, 0.1) is 0 Å². The molecule has 2 N–H and O–H groups in total. The van der Waals surface area contributed by atoms with E-state index in [1.165, 1.54) is 4.90 Å². The highest BCUT2D eigenvalue weighted by molar-refractivity contribution is 6.30. The maximum atomic E-state index is 13.9. The Morgan fingerprint density at radius 1 is 1.20 bits per heavy atom. The van der Waals surface area contributed by atoms with Crippen LogP contribution in [-0.4, -0.2) is 34.5 Å². The number of aromatic nitrogens is 1. The van der Waals surface area contributed by atoms with E-state index in [0.717, 1.165) is 10.6 Å². The van der Waals surface area contributed by atoms with Crippen molar-refractivity contribution in [3.05, 3.63) is 46.7 Å². The average molecular weight is 442 g/mol. The second kappa shape index (κ2) is 7.61. The predicted octanol–water partition coefficient (Wildman–Crippen LogP) is 5.44. The van der Waals surface area contributed by atoms with Gasteiger partial charge < -0.3 is 15.2 Å². The molecule has 0 aliphatic heterocycles. The van der Waals surface area contributed by atoms with Crippen LogP contribution in [0.15, 0.2) is 30.3 Å². The van der Waals surface area contributed by atoms with Crippen molar-refractivity contribution in [3.63, 3.8) is 0 Å². The molecule has 1 aromatic carbocycles. The SMILES string of the molecule is CN(CC(C)(C)C)C(=O)c1c(-c2ccc(Cl)cc2)cc(C(F)(F)F)n1CC1(N)CC1. The molecule has 0 atom stereocenters. The number of carbonyl (C=O) groups is 1. The molecule has 1 amide bonds. The lowest BCUT2D eigenvalue weighted by Gasteiger charge is -2.28. The third kappa shape index (κ3) is 5.01. The van der Waals surface area contributed by atoms with Crippen LogP contribution < -0.4 is 5.73 Å². The molecule has 0 bridgehead atoms. The zero-order chi connectivity index (χ0) is 22.5. The Bertz CT molecular complexity index is 938. The number of hydrogen-bond acceptors (Lipinski definition) is 2. The second-order valence-electron chi connectivity index (χ2n) is 9.47. The number of benzene rings is 1. The minimum atomic E-state index is -4.62. The first-order chi connectivity index (χ1) is 13.7. The molecule has 164 valence electrons. The number of amides is 1. The topological polar surface area (TPSA) is 51.3 Å². The minimum Gasteiger partial charge on any atom is -0.340 e. The molecule has 1 fully saturated rings. The molecular formula is C22H27ClF3N3O. The summed E-state index contributed by atoms with van der Waals surface area (Å²) in [6, 6.07) is 7.49. The number of nitrogens with two attached hydrogens (primary N) is 1. The summed E-state index contributed by atoms with van der Waals surface area (Å²) >= 11 is 5.95. The van der Waals surface area contributed by atoms with Gasteiger partial charge in [-0.2, -0.15) is 13.2 Å². The van der Waals surface area contributed by atoms with Gasteiger partial charge >= 0.3 is 6.18 Å². The van der Waals surface area contributed by atoms with Crippen LogP contribution in [0, 0.1) is 5.41 Å². The van der Waals surface area contributed by atoms with Gasteiger partial charge in [-0.15, -0.1) is 0 Å². The number of hydrogen-bond donors (Lipinski definition) is 1. The standard InChI is InChI=1S/C22H27ClF3N3O/c1-20(2,3)12-28(4)19(30)18-16(14-5-7-15(23)8-6-14)11-17(22(24,25)26)29(18)13-21(27)9-10-21/h5-8,11H,9-10,12-13,27H2,1-4H3. The van der Waals surface area contributed by atoms with Gasteiger partial charge in [0, 0.05) is 36.3 Å². The Hall–Kier alpha value is -1.99. The number of alkyl halides is 3. The smallest absolute Gasteiger partial charge is 0.340 e. The molecule has 1 heterocycles. The fourth-order valence-electron chi connectivity index (χ4n) is 3.63. The number of nitrogens with zero attached hydrogens (tertiary/aromatic N) is 2. The third-order valence-corrected chi connectivity index (χ3v) is 5.42. The maximum Gasteiger partial charge on any atom is 0.431 e. The van der Waals surface area contributed by atoms with Gasteiger partial charge in [-0.3, -0.25) is 4.79 Å². The van der Waals surface area contributed by atoms with Crippen molar-refractivity contribution in [2.45, 2.75) is 51.9 Å². The molecule has 3 rings (SSSR count). The largest absolute Gasteiger partial charge is 0.431 e. The van der Waals surface area contributed by atoms with Crippen molar-refractivity contribution in [1.82, 2.24) is 9.47 Å². The van der Waals surface area contributed by atoms with E-state index in [1.807, 2.05) is 20.8 Å². The first-order valence-electron chi connectivity index (χ1n) is 9.81. The molecule has 1 saturated carbocycles. The van der Waals surface area contributed by atoms with Gasteiger partial charge in [-0.1, -0.05) is 44.5 Å². The van der Waals surface area contributed by atoms with Gasteiger partial charge in [-0.05, 0) is 42.0 Å². The van der Waals surface area contributed by atoms with Crippen LogP contribution in [0.3, 0.4) is 0 Å². The first-order valence-corrected chi connectivity index (χ1v) is 10.2. The van der Waals surface area contributed by atoms with Crippen molar-refractivity contribution in [1.29, 1.82) is 0 Å². The van der Waals surface area contributed by atoms with Gasteiger partial charge in [-0.25, -0.2) is 0 Å². The highest BCUT2D eigenvalue weighted by Crippen LogP contribution is 2.41. The van der Waals surface area contributed by atoms with Gasteiger partial charge in [0.2, 0.25) is 0 Å². The van der Waals surface area contributed by atoms with E-state index in [1.54, 1.807) is 31.3 Å². The lowest BCUT2D eigenvalue weighted by atomic mass is 9.96. The summed E-state index contributed by atoms with van der Waals surface area (Å²) in [7, 11) is 1.61. The molecule has 0 saturated heterocycles. The zero-order valence-corrected chi connectivity index (χ0v) is 18.4.